The first-order valence-corrected chi connectivity index (χ1v) is 5.88. The first-order chi connectivity index (χ1) is 8.90. The summed E-state index contributed by atoms with van der Waals surface area (Å²) in [5.74, 6) is -1.35. The Balaban J connectivity index is 2.66. The van der Waals surface area contributed by atoms with E-state index in [0.29, 0.717) is 16.3 Å². The second-order valence-electron chi connectivity index (χ2n) is 4.17. The van der Waals surface area contributed by atoms with Crippen LogP contribution < -0.4 is 5.43 Å². The van der Waals surface area contributed by atoms with Gasteiger partial charge in [0.25, 0.3) is 0 Å². The molecule has 6 heteroatoms. The number of aromatic nitrogens is 2. The van der Waals surface area contributed by atoms with Gasteiger partial charge in [0.05, 0.1) is 5.69 Å². The molecule has 0 amide bonds. The summed E-state index contributed by atoms with van der Waals surface area (Å²) in [4.78, 5) is 22.6. The summed E-state index contributed by atoms with van der Waals surface area (Å²) in [6.07, 6.45) is 1.48. The summed E-state index contributed by atoms with van der Waals surface area (Å²) in [6, 6.07) is 5.22. The van der Waals surface area contributed by atoms with E-state index in [1.165, 1.54) is 10.9 Å². The van der Waals surface area contributed by atoms with Crippen molar-refractivity contribution in [1.82, 2.24) is 9.78 Å². The van der Waals surface area contributed by atoms with Crippen LogP contribution in [-0.2, 0) is 0 Å². The van der Waals surface area contributed by atoms with Crippen molar-refractivity contribution in [2.45, 2.75) is 13.8 Å². The molecule has 0 atom stereocenters. The van der Waals surface area contributed by atoms with Gasteiger partial charge in [-0.3, -0.25) is 4.79 Å². The molecule has 5 nitrogen and oxygen atoms in total. The Morgan fingerprint density at radius 1 is 1.32 bits per heavy atom. The summed E-state index contributed by atoms with van der Waals surface area (Å²) >= 11 is 6.02. The minimum Gasteiger partial charge on any atom is -0.476 e. The summed E-state index contributed by atoms with van der Waals surface area (Å²) < 4.78 is 1.34. The molecule has 1 aromatic heterocycles. The smallest absolute Gasteiger partial charge is 0.360 e. The van der Waals surface area contributed by atoms with Crippen LogP contribution in [0.15, 0.2) is 29.2 Å². The maximum Gasteiger partial charge on any atom is 0.360 e. The van der Waals surface area contributed by atoms with Gasteiger partial charge in [-0.2, -0.15) is 5.10 Å². The van der Waals surface area contributed by atoms with E-state index in [2.05, 4.69) is 5.10 Å². The molecule has 1 N–H and O–H groups in total. The van der Waals surface area contributed by atoms with E-state index in [-0.39, 0.29) is 0 Å². The second-order valence-corrected chi connectivity index (χ2v) is 4.58. The molecular formula is C13H11ClN2O3. The Hall–Kier alpha value is -2.14. The average molecular weight is 279 g/mol. The Bertz CT molecular complexity index is 722. The Labute approximate surface area is 114 Å². The van der Waals surface area contributed by atoms with Gasteiger partial charge in [-0.15, -0.1) is 0 Å². The molecule has 2 rings (SSSR count). The van der Waals surface area contributed by atoms with Crippen molar-refractivity contribution in [2.24, 2.45) is 0 Å². The Kier molecular flexibility index (Phi) is 3.40. The lowest BCUT2D eigenvalue weighted by atomic mass is 10.2. The van der Waals surface area contributed by atoms with E-state index in [1.54, 1.807) is 25.1 Å². The molecule has 0 aliphatic rings. The summed E-state index contributed by atoms with van der Waals surface area (Å²) in [5.41, 5.74) is 0.727. The third-order valence-electron chi connectivity index (χ3n) is 2.72. The number of benzene rings is 1. The van der Waals surface area contributed by atoms with Crippen LogP contribution in [0.5, 0.6) is 0 Å². The van der Waals surface area contributed by atoms with E-state index in [1.807, 2.05) is 6.92 Å². The lowest BCUT2D eigenvalue weighted by molar-refractivity contribution is 0.0686. The van der Waals surface area contributed by atoms with Crippen LogP contribution in [-0.4, -0.2) is 20.9 Å². The largest absolute Gasteiger partial charge is 0.476 e. The molecule has 0 saturated carbocycles. The zero-order chi connectivity index (χ0) is 14.2. The standard InChI is InChI=1S/C13H11ClN2O3/c1-7-3-4-9(5-10(7)14)16-6-8(2)12(17)11(15-16)13(18)19/h3-6H,1-2H3,(H,18,19). The van der Waals surface area contributed by atoms with Gasteiger partial charge in [0, 0.05) is 16.8 Å². The zero-order valence-electron chi connectivity index (χ0n) is 10.3. The summed E-state index contributed by atoms with van der Waals surface area (Å²) in [5, 5.41) is 13.3. The van der Waals surface area contributed by atoms with E-state index in [9.17, 15) is 9.59 Å². The first-order valence-electron chi connectivity index (χ1n) is 5.50. The van der Waals surface area contributed by atoms with Crippen LogP contribution in [0.2, 0.25) is 5.02 Å². The molecule has 0 aliphatic heterocycles. The van der Waals surface area contributed by atoms with Gasteiger partial charge in [-0.1, -0.05) is 17.7 Å². The maximum absolute atomic E-state index is 11.6. The summed E-state index contributed by atoms with van der Waals surface area (Å²) in [7, 11) is 0. The molecule has 2 aromatic rings. The van der Waals surface area contributed by atoms with Gasteiger partial charge in [-0.05, 0) is 31.5 Å². The van der Waals surface area contributed by atoms with Crippen molar-refractivity contribution in [1.29, 1.82) is 0 Å². The second kappa shape index (κ2) is 4.85. The predicted molar refractivity (Wildman–Crippen MR) is 71.3 cm³/mol. The number of aromatic carboxylic acids is 1. The van der Waals surface area contributed by atoms with Gasteiger partial charge < -0.3 is 5.11 Å². The highest BCUT2D eigenvalue weighted by atomic mass is 35.5. The number of rotatable bonds is 2. The molecule has 19 heavy (non-hydrogen) atoms. The minimum absolute atomic E-state index is 0.309. The van der Waals surface area contributed by atoms with Crippen LogP contribution in [0, 0.1) is 13.8 Å². The first kappa shape index (κ1) is 13.3. The number of carboxylic acid groups (broad SMARTS) is 1. The van der Waals surface area contributed by atoms with Crippen molar-refractivity contribution >= 4 is 17.6 Å². The van der Waals surface area contributed by atoms with Crippen molar-refractivity contribution in [3.63, 3.8) is 0 Å². The number of hydrogen-bond acceptors (Lipinski definition) is 3. The highest BCUT2D eigenvalue weighted by molar-refractivity contribution is 6.31. The number of hydrogen-bond donors (Lipinski definition) is 1. The molecule has 0 fully saturated rings. The normalized spacial score (nSPS) is 10.5. The van der Waals surface area contributed by atoms with Crippen LogP contribution in [0.25, 0.3) is 5.69 Å². The lowest BCUT2D eigenvalue weighted by Gasteiger charge is -2.09. The molecule has 0 unspecified atom stereocenters. The molecule has 1 heterocycles. The number of aryl methyl sites for hydroxylation is 2. The van der Waals surface area contributed by atoms with Gasteiger partial charge in [-0.25, -0.2) is 9.48 Å². The van der Waals surface area contributed by atoms with E-state index in [0.717, 1.165) is 5.56 Å². The topological polar surface area (TPSA) is 72.2 Å². The van der Waals surface area contributed by atoms with Crippen LogP contribution >= 0.6 is 11.6 Å². The fraction of sp³-hybridized carbons (Fsp3) is 0.154. The van der Waals surface area contributed by atoms with E-state index in [4.69, 9.17) is 16.7 Å². The third-order valence-corrected chi connectivity index (χ3v) is 3.13. The highest BCUT2D eigenvalue weighted by Gasteiger charge is 2.14. The Morgan fingerprint density at radius 3 is 2.58 bits per heavy atom. The van der Waals surface area contributed by atoms with Gasteiger partial charge in [0.1, 0.15) is 0 Å². The number of carbonyl (C=O) groups is 1. The SMILES string of the molecule is Cc1ccc(-n2cc(C)c(=O)c(C(=O)O)n2)cc1Cl. The van der Waals surface area contributed by atoms with Crippen molar-refractivity contribution in [3.8, 4) is 5.69 Å². The number of halogens is 1. The van der Waals surface area contributed by atoms with Gasteiger partial charge in [0.15, 0.2) is 0 Å². The van der Waals surface area contributed by atoms with Crippen LogP contribution in [0.4, 0.5) is 0 Å². The third kappa shape index (κ3) is 2.51. The highest BCUT2D eigenvalue weighted by Crippen LogP contribution is 2.18. The van der Waals surface area contributed by atoms with E-state index >= 15 is 0 Å². The molecule has 0 spiro atoms. The van der Waals surface area contributed by atoms with Crippen LogP contribution in [0.3, 0.4) is 0 Å². The van der Waals surface area contributed by atoms with Crippen molar-refractivity contribution in [3.05, 3.63) is 56.5 Å². The number of carboxylic acids is 1. The molecule has 98 valence electrons. The minimum atomic E-state index is -1.35. The Morgan fingerprint density at radius 2 is 2.00 bits per heavy atom. The van der Waals surface area contributed by atoms with Gasteiger partial charge >= 0.3 is 5.97 Å². The average Bonchev–Trinajstić information content (AvgIpc) is 2.35. The van der Waals surface area contributed by atoms with Crippen LogP contribution in [0.1, 0.15) is 21.6 Å². The monoisotopic (exact) mass is 278 g/mol. The van der Waals surface area contributed by atoms with Crippen molar-refractivity contribution in [2.75, 3.05) is 0 Å². The molecule has 1 aromatic carbocycles. The maximum atomic E-state index is 11.6. The predicted octanol–water partition coefficient (Wildman–Crippen LogP) is 2.20. The molecule has 0 saturated heterocycles. The molecule has 0 bridgehead atoms. The van der Waals surface area contributed by atoms with Crippen molar-refractivity contribution < 1.29 is 9.90 Å². The fourth-order valence-corrected chi connectivity index (χ4v) is 1.78. The molecule has 0 aliphatic carbocycles. The number of nitrogens with zero attached hydrogens (tertiary/aromatic N) is 2. The van der Waals surface area contributed by atoms with Gasteiger partial charge in [0.2, 0.25) is 11.1 Å². The summed E-state index contributed by atoms with van der Waals surface area (Å²) in [6.45, 7) is 3.40. The quantitative estimate of drug-likeness (QED) is 0.914. The molecular weight excluding hydrogens is 268 g/mol. The lowest BCUT2D eigenvalue weighted by Crippen LogP contribution is -2.23. The fourth-order valence-electron chi connectivity index (χ4n) is 1.61. The zero-order valence-corrected chi connectivity index (χ0v) is 11.1. The molecule has 0 radical (unpaired) electrons. The van der Waals surface area contributed by atoms with E-state index < -0.39 is 17.1 Å².